The number of rotatable bonds is 3. The van der Waals surface area contributed by atoms with Crippen LogP contribution in [0.1, 0.15) is 12.6 Å². The van der Waals surface area contributed by atoms with E-state index in [0.29, 0.717) is 0 Å². The van der Waals surface area contributed by atoms with E-state index < -0.39 is 0 Å². The van der Waals surface area contributed by atoms with Crippen LogP contribution in [0, 0.1) is 0 Å². The summed E-state index contributed by atoms with van der Waals surface area (Å²) in [6, 6.07) is 10.1. The Labute approximate surface area is 83.2 Å². The van der Waals surface area contributed by atoms with Crippen molar-refractivity contribution in [3.05, 3.63) is 36.0 Å². The van der Waals surface area contributed by atoms with Gasteiger partial charge in [-0.3, -0.25) is 0 Å². The van der Waals surface area contributed by atoms with Crippen molar-refractivity contribution in [1.82, 2.24) is 15.5 Å². The number of nitrogens with zero attached hydrogens (tertiary/aromatic N) is 2. The standard InChI is InChI=1S/C11H13N3/c1-2-12-8-10-7-9-5-3-4-6-11(9)14-13-10/h3-7,12H,2,8H2,1H3. The van der Waals surface area contributed by atoms with E-state index in [-0.39, 0.29) is 0 Å². The zero-order valence-corrected chi connectivity index (χ0v) is 8.20. The maximum absolute atomic E-state index is 4.14. The fourth-order valence-electron chi connectivity index (χ4n) is 1.37. The molecule has 0 saturated carbocycles. The van der Waals surface area contributed by atoms with Gasteiger partial charge in [0.25, 0.3) is 0 Å². The first-order valence-corrected chi connectivity index (χ1v) is 4.82. The molecule has 1 aromatic heterocycles. The van der Waals surface area contributed by atoms with Crippen LogP contribution >= 0.6 is 0 Å². The molecule has 0 aliphatic rings. The fourth-order valence-corrected chi connectivity index (χ4v) is 1.37. The van der Waals surface area contributed by atoms with Crippen LogP contribution in [-0.2, 0) is 6.54 Å². The van der Waals surface area contributed by atoms with Crippen LogP contribution in [0.3, 0.4) is 0 Å². The molecule has 72 valence electrons. The quantitative estimate of drug-likeness (QED) is 0.795. The number of fused-ring (bicyclic) bond motifs is 1. The Kier molecular flexibility index (Phi) is 2.70. The predicted octanol–water partition coefficient (Wildman–Crippen LogP) is 1.74. The molecule has 1 N–H and O–H groups in total. The average molecular weight is 187 g/mol. The van der Waals surface area contributed by atoms with Crippen molar-refractivity contribution in [2.75, 3.05) is 6.54 Å². The summed E-state index contributed by atoms with van der Waals surface area (Å²) in [7, 11) is 0. The van der Waals surface area contributed by atoms with Crippen LogP contribution in [-0.4, -0.2) is 16.7 Å². The molecule has 0 saturated heterocycles. The molecule has 0 spiro atoms. The second kappa shape index (κ2) is 4.15. The Morgan fingerprint density at radius 3 is 2.93 bits per heavy atom. The highest BCUT2D eigenvalue weighted by molar-refractivity contribution is 5.77. The van der Waals surface area contributed by atoms with E-state index >= 15 is 0 Å². The Bertz CT molecular complexity index is 426. The molecule has 1 aromatic carbocycles. The second-order valence-corrected chi connectivity index (χ2v) is 3.17. The fraction of sp³-hybridized carbons (Fsp3) is 0.273. The molecule has 0 unspecified atom stereocenters. The van der Waals surface area contributed by atoms with Crippen molar-refractivity contribution in [2.24, 2.45) is 0 Å². The van der Waals surface area contributed by atoms with Gasteiger partial charge in [0.2, 0.25) is 0 Å². The smallest absolute Gasteiger partial charge is 0.0929 e. The molecule has 0 fully saturated rings. The van der Waals surface area contributed by atoms with Crippen LogP contribution in [0.4, 0.5) is 0 Å². The summed E-state index contributed by atoms with van der Waals surface area (Å²) in [6.07, 6.45) is 0. The van der Waals surface area contributed by atoms with E-state index in [1.54, 1.807) is 0 Å². The summed E-state index contributed by atoms with van der Waals surface area (Å²) in [5.74, 6) is 0. The lowest BCUT2D eigenvalue weighted by molar-refractivity contribution is 0.702. The van der Waals surface area contributed by atoms with Crippen LogP contribution in [0.2, 0.25) is 0 Å². The summed E-state index contributed by atoms with van der Waals surface area (Å²) in [4.78, 5) is 0. The largest absolute Gasteiger partial charge is 0.311 e. The Hall–Kier alpha value is -1.48. The van der Waals surface area contributed by atoms with Gasteiger partial charge in [0.15, 0.2) is 0 Å². The zero-order chi connectivity index (χ0) is 9.80. The molecule has 0 amide bonds. The number of nitrogens with one attached hydrogen (secondary N) is 1. The Morgan fingerprint density at radius 1 is 1.21 bits per heavy atom. The molecular formula is C11H13N3. The molecule has 3 heteroatoms. The van der Waals surface area contributed by atoms with Crippen molar-refractivity contribution in [2.45, 2.75) is 13.5 Å². The minimum atomic E-state index is 0.786. The highest BCUT2D eigenvalue weighted by atomic mass is 15.1. The summed E-state index contributed by atoms with van der Waals surface area (Å²) in [5.41, 5.74) is 1.94. The summed E-state index contributed by atoms with van der Waals surface area (Å²) in [6.45, 7) is 3.82. The van der Waals surface area contributed by atoms with Crippen LogP contribution < -0.4 is 5.32 Å². The molecule has 0 atom stereocenters. The minimum absolute atomic E-state index is 0.786. The molecule has 0 radical (unpaired) electrons. The third-order valence-electron chi connectivity index (χ3n) is 2.10. The van der Waals surface area contributed by atoms with Gasteiger partial charge in [-0.2, -0.15) is 10.2 Å². The lowest BCUT2D eigenvalue weighted by Gasteiger charge is -2.01. The van der Waals surface area contributed by atoms with Gasteiger partial charge in [0, 0.05) is 11.9 Å². The SMILES string of the molecule is CCNCc1cc2ccccc2nn1. The van der Waals surface area contributed by atoms with Crippen molar-refractivity contribution < 1.29 is 0 Å². The number of aromatic nitrogens is 2. The first-order valence-electron chi connectivity index (χ1n) is 4.82. The van der Waals surface area contributed by atoms with E-state index in [2.05, 4.69) is 34.6 Å². The molecule has 14 heavy (non-hydrogen) atoms. The van der Waals surface area contributed by atoms with Gasteiger partial charge in [-0.25, -0.2) is 0 Å². The van der Waals surface area contributed by atoms with Crippen LogP contribution in [0.15, 0.2) is 30.3 Å². The third kappa shape index (κ3) is 1.88. The molecule has 1 heterocycles. The average Bonchev–Trinajstić information content (AvgIpc) is 2.26. The lowest BCUT2D eigenvalue weighted by atomic mass is 10.2. The first-order chi connectivity index (χ1) is 6.90. The Balaban J connectivity index is 2.32. The first kappa shape index (κ1) is 9.09. The van der Waals surface area contributed by atoms with E-state index in [4.69, 9.17) is 0 Å². The van der Waals surface area contributed by atoms with E-state index in [1.165, 1.54) is 0 Å². The van der Waals surface area contributed by atoms with Crippen molar-refractivity contribution >= 4 is 10.9 Å². The van der Waals surface area contributed by atoms with Gasteiger partial charge in [-0.1, -0.05) is 25.1 Å². The van der Waals surface area contributed by atoms with Gasteiger partial charge < -0.3 is 5.32 Å². The molecular weight excluding hydrogens is 174 g/mol. The van der Waals surface area contributed by atoms with Crippen molar-refractivity contribution in [3.63, 3.8) is 0 Å². The van der Waals surface area contributed by atoms with E-state index in [0.717, 1.165) is 29.7 Å². The van der Waals surface area contributed by atoms with Crippen molar-refractivity contribution in [1.29, 1.82) is 0 Å². The highest BCUT2D eigenvalue weighted by Crippen LogP contribution is 2.10. The molecule has 0 aliphatic heterocycles. The normalized spacial score (nSPS) is 10.6. The van der Waals surface area contributed by atoms with E-state index in [9.17, 15) is 0 Å². The monoisotopic (exact) mass is 187 g/mol. The van der Waals surface area contributed by atoms with Crippen LogP contribution in [0.25, 0.3) is 10.9 Å². The zero-order valence-electron chi connectivity index (χ0n) is 8.20. The number of hydrogen-bond donors (Lipinski definition) is 1. The Morgan fingerprint density at radius 2 is 2.07 bits per heavy atom. The minimum Gasteiger partial charge on any atom is -0.311 e. The van der Waals surface area contributed by atoms with Gasteiger partial charge in [0.1, 0.15) is 0 Å². The molecule has 0 bridgehead atoms. The summed E-state index contributed by atoms with van der Waals surface area (Å²) >= 11 is 0. The van der Waals surface area contributed by atoms with Gasteiger partial charge in [0.05, 0.1) is 11.2 Å². The van der Waals surface area contributed by atoms with Crippen molar-refractivity contribution in [3.8, 4) is 0 Å². The lowest BCUT2D eigenvalue weighted by Crippen LogP contribution is -2.13. The van der Waals surface area contributed by atoms with Crippen LogP contribution in [0.5, 0.6) is 0 Å². The summed E-state index contributed by atoms with van der Waals surface area (Å²) in [5, 5.41) is 12.7. The molecule has 3 nitrogen and oxygen atoms in total. The van der Waals surface area contributed by atoms with Gasteiger partial charge in [-0.15, -0.1) is 0 Å². The second-order valence-electron chi connectivity index (χ2n) is 3.17. The maximum Gasteiger partial charge on any atom is 0.0929 e. The number of hydrogen-bond acceptors (Lipinski definition) is 3. The summed E-state index contributed by atoms with van der Waals surface area (Å²) < 4.78 is 0. The predicted molar refractivity (Wildman–Crippen MR) is 56.9 cm³/mol. The van der Waals surface area contributed by atoms with E-state index in [1.807, 2.05) is 18.2 Å². The third-order valence-corrected chi connectivity index (χ3v) is 2.10. The highest BCUT2D eigenvalue weighted by Gasteiger charge is 1.97. The molecule has 2 aromatic rings. The van der Waals surface area contributed by atoms with Gasteiger partial charge >= 0.3 is 0 Å². The number of benzene rings is 1. The van der Waals surface area contributed by atoms with Gasteiger partial charge in [-0.05, 0) is 18.7 Å². The molecule has 0 aliphatic carbocycles. The maximum atomic E-state index is 4.14. The topological polar surface area (TPSA) is 37.8 Å². The molecule has 2 rings (SSSR count).